The molecule has 5 heteroatoms. The maximum atomic E-state index is 11.8. The first-order valence-electron chi connectivity index (χ1n) is 4.32. The summed E-state index contributed by atoms with van der Waals surface area (Å²) in [6.07, 6.45) is 0. The van der Waals surface area contributed by atoms with Crippen LogP contribution < -0.4 is 4.68 Å². The van der Waals surface area contributed by atoms with Crippen molar-refractivity contribution in [2.75, 3.05) is 0 Å². The van der Waals surface area contributed by atoms with Crippen LogP contribution in [0, 0.1) is 0 Å². The number of halogens is 1. The summed E-state index contributed by atoms with van der Waals surface area (Å²) in [7, 11) is 0. The van der Waals surface area contributed by atoms with E-state index in [0.717, 1.165) is 4.47 Å². The zero-order chi connectivity index (χ0) is 10.7. The standard InChI is InChI=1S/C10H8BrN2OS/c11-9-3-1-8(2-4-9)10(14)5-13-7-15-6-12-13/h1-4,6-7H,5H2/q+1. The van der Waals surface area contributed by atoms with Crippen LogP contribution in [0.4, 0.5) is 0 Å². The van der Waals surface area contributed by atoms with Crippen LogP contribution in [-0.4, -0.2) is 10.9 Å². The number of Topliss-reactive ketones (excluding diaryl/α,β-unsaturated/α-hetero) is 1. The SMILES string of the molecule is O=C(C[n+]1cscn1)c1ccc(Br)cc1. The van der Waals surface area contributed by atoms with Gasteiger partial charge in [0.05, 0.1) is 0 Å². The third-order valence-electron chi connectivity index (χ3n) is 1.91. The van der Waals surface area contributed by atoms with Gasteiger partial charge < -0.3 is 0 Å². The molecular formula is C10H8BrN2OS+. The van der Waals surface area contributed by atoms with Crippen molar-refractivity contribution in [1.29, 1.82) is 0 Å². The number of ketones is 1. The Morgan fingerprint density at radius 2 is 2.13 bits per heavy atom. The van der Waals surface area contributed by atoms with Crippen LogP contribution in [0.25, 0.3) is 0 Å². The Morgan fingerprint density at radius 3 is 2.73 bits per heavy atom. The van der Waals surface area contributed by atoms with Gasteiger partial charge in [-0.05, 0) is 12.1 Å². The lowest BCUT2D eigenvalue weighted by molar-refractivity contribution is -0.736. The molecule has 0 N–H and O–H groups in total. The highest BCUT2D eigenvalue weighted by Crippen LogP contribution is 2.10. The fourth-order valence-electron chi connectivity index (χ4n) is 1.16. The zero-order valence-corrected chi connectivity index (χ0v) is 10.2. The average molecular weight is 284 g/mol. The Balaban J connectivity index is 2.11. The quantitative estimate of drug-likeness (QED) is 0.638. The van der Waals surface area contributed by atoms with Crippen molar-refractivity contribution in [2.45, 2.75) is 6.54 Å². The monoisotopic (exact) mass is 283 g/mol. The third kappa shape index (κ3) is 2.70. The normalized spacial score (nSPS) is 10.2. The molecule has 1 aromatic carbocycles. The van der Waals surface area contributed by atoms with Gasteiger partial charge in [-0.2, -0.15) is 0 Å². The molecule has 0 bridgehead atoms. The number of hydrogen-bond donors (Lipinski definition) is 0. The highest BCUT2D eigenvalue weighted by atomic mass is 79.9. The van der Waals surface area contributed by atoms with Crippen LogP contribution in [-0.2, 0) is 6.54 Å². The number of benzene rings is 1. The van der Waals surface area contributed by atoms with Gasteiger partial charge in [-0.1, -0.05) is 44.1 Å². The number of rotatable bonds is 3. The number of aromatic nitrogens is 2. The van der Waals surface area contributed by atoms with Crippen molar-refractivity contribution in [2.24, 2.45) is 0 Å². The Morgan fingerprint density at radius 1 is 1.40 bits per heavy atom. The van der Waals surface area contributed by atoms with Gasteiger partial charge in [-0.15, -0.1) is 0 Å². The fourth-order valence-corrected chi connectivity index (χ4v) is 1.93. The van der Waals surface area contributed by atoms with E-state index in [1.165, 1.54) is 11.3 Å². The lowest BCUT2D eigenvalue weighted by atomic mass is 10.1. The van der Waals surface area contributed by atoms with E-state index in [9.17, 15) is 4.79 Å². The van der Waals surface area contributed by atoms with Crippen molar-refractivity contribution in [3.63, 3.8) is 0 Å². The molecule has 15 heavy (non-hydrogen) atoms. The van der Waals surface area contributed by atoms with E-state index >= 15 is 0 Å². The molecule has 2 aromatic rings. The van der Waals surface area contributed by atoms with Crippen molar-refractivity contribution >= 4 is 33.0 Å². The van der Waals surface area contributed by atoms with Gasteiger partial charge in [0, 0.05) is 15.1 Å². The van der Waals surface area contributed by atoms with Crippen molar-refractivity contribution in [1.82, 2.24) is 5.10 Å². The van der Waals surface area contributed by atoms with Gasteiger partial charge in [-0.3, -0.25) is 4.79 Å². The third-order valence-corrected chi connectivity index (χ3v) is 3.02. The van der Waals surface area contributed by atoms with E-state index in [1.807, 2.05) is 17.6 Å². The molecule has 0 radical (unpaired) electrons. The Kier molecular flexibility index (Phi) is 3.23. The van der Waals surface area contributed by atoms with E-state index in [-0.39, 0.29) is 5.78 Å². The largest absolute Gasteiger partial charge is 0.287 e. The van der Waals surface area contributed by atoms with E-state index in [1.54, 1.807) is 22.3 Å². The molecule has 1 heterocycles. The summed E-state index contributed by atoms with van der Waals surface area (Å²) >= 11 is 4.80. The first kappa shape index (κ1) is 10.4. The lowest BCUT2D eigenvalue weighted by Crippen LogP contribution is -2.38. The number of hydrogen-bond acceptors (Lipinski definition) is 3. The van der Waals surface area contributed by atoms with Crippen molar-refractivity contribution in [3.8, 4) is 0 Å². The summed E-state index contributed by atoms with van der Waals surface area (Å²) in [4.78, 5) is 11.8. The molecule has 0 aliphatic carbocycles. The second kappa shape index (κ2) is 4.63. The molecule has 76 valence electrons. The second-order valence-corrected chi connectivity index (χ2v) is 4.60. The van der Waals surface area contributed by atoms with Gasteiger partial charge in [0.1, 0.15) is 0 Å². The molecule has 0 unspecified atom stereocenters. The topological polar surface area (TPSA) is 33.8 Å². The highest BCUT2D eigenvalue weighted by molar-refractivity contribution is 9.10. The molecule has 0 saturated heterocycles. The Labute approximate surface area is 99.5 Å². The van der Waals surface area contributed by atoms with E-state index in [0.29, 0.717) is 12.1 Å². The molecule has 0 aliphatic heterocycles. The fraction of sp³-hybridized carbons (Fsp3) is 0.100. The number of carbonyl (C=O) groups excluding carboxylic acids is 1. The predicted octanol–water partition coefficient (Wildman–Crippen LogP) is 2.08. The van der Waals surface area contributed by atoms with E-state index in [2.05, 4.69) is 21.0 Å². The summed E-state index contributed by atoms with van der Waals surface area (Å²) in [5.41, 5.74) is 4.23. The molecule has 0 amide bonds. The Hall–Kier alpha value is -1.07. The summed E-state index contributed by atoms with van der Waals surface area (Å²) in [5.74, 6) is 0.0680. The minimum Gasteiger partial charge on any atom is -0.287 e. The molecule has 0 spiro atoms. The lowest BCUT2D eigenvalue weighted by Gasteiger charge is -1.95. The highest BCUT2D eigenvalue weighted by Gasteiger charge is 2.13. The van der Waals surface area contributed by atoms with Gasteiger partial charge in [0.15, 0.2) is 5.51 Å². The average Bonchev–Trinajstić information content (AvgIpc) is 2.71. The van der Waals surface area contributed by atoms with Crippen LogP contribution in [0.5, 0.6) is 0 Å². The molecule has 0 atom stereocenters. The minimum absolute atomic E-state index is 0.0680. The van der Waals surface area contributed by atoms with Crippen molar-refractivity contribution < 1.29 is 9.48 Å². The first-order valence-corrected chi connectivity index (χ1v) is 6.06. The molecule has 2 rings (SSSR count). The molecule has 0 fully saturated rings. The first-order chi connectivity index (χ1) is 7.25. The number of nitrogens with zero attached hydrogens (tertiary/aromatic N) is 2. The maximum Gasteiger partial charge on any atom is 0.253 e. The van der Waals surface area contributed by atoms with E-state index in [4.69, 9.17) is 0 Å². The van der Waals surface area contributed by atoms with Gasteiger partial charge >= 0.3 is 0 Å². The smallest absolute Gasteiger partial charge is 0.253 e. The molecule has 3 nitrogen and oxygen atoms in total. The molecular weight excluding hydrogens is 276 g/mol. The van der Waals surface area contributed by atoms with Gasteiger partial charge in [-0.25, -0.2) is 0 Å². The molecule has 0 aliphatic rings. The summed E-state index contributed by atoms with van der Waals surface area (Å²) < 4.78 is 2.61. The summed E-state index contributed by atoms with van der Waals surface area (Å²) in [6, 6.07) is 7.33. The van der Waals surface area contributed by atoms with Gasteiger partial charge in [0.25, 0.3) is 5.51 Å². The van der Waals surface area contributed by atoms with Crippen LogP contribution in [0.15, 0.2) is 39.8 Å². The summed E-state index contributed by atoms with van der Waals surface area (Å²) in [6.45, 7) is 0.297. The predicted molar refractivity (Wildman–Crippen MR) is 60.8 cm³/mol. The minimum atomic E-state index is 0.0680. The second-order valence-electron chi connectivity index (χ2n) is 2.99. The van der Waals surface area contributed by atoms with Crippen LogP contribution in [0.3, 0.4) is 0 Å². The Bertz CT molecular complexity index is 453. The van der Waals surface area contributed by atoms with Crippen molar-refractivity contribution in [3.05, 3.63) is 45.3 Å². The van der Waals surface area contributed by atoms with Gasteiger partial charge in [0.2, 0.25) is 12.3 Å². The van der Waals surface area contributed by atoms with Crippen LogP contribution in [0.1, 0.15) is 10.4 Å². The molecule has 1 aromatic heterocycles. The van der Waals surface area contributed by atoms with E-state index < -0.39 is 0 Å². The number of carbonyl (C=O) groups is 1. The zero-order valence-electron chi connectivity index (χ0n) is 7.76. The molecule has 0 saturated carbocycles. The maximum absolute atomic E-state index is 11.8. The summed E-state index contributed by atoms with van der Waals surface area (Å²) in [5, 5.41) is 4.00. The van der Waals surface area contributed by atoms with Crippen LogP contribution >= 0.6 is 27.3 Å². The van der Waals surface area contributed by atoms with Crippen LogP contribution in [0.2, 0.25) is 0 Å².